The maximum absolute atomic E-state index is 12.5. The van der Waals surface area contributed by atoms with Gasteiger partial charge in [0.2, 0.25) is 0 Å². The summed E-state index contributed by atoms with van der Waals surface area (Å²) in [6, 6.07) is 0. The van der Waals surface area contributed by atoms with Crippen molar-refractivity contribution in [1.82, 2.24) is 0 Å². The molecule has 0 aromatic rings. The Kier molecular flexibility index (Phi) is 3.65. The number of halogens is 3. The van der Waals surface area contributed by atoms with E-state index in [1.54, 1.807) is 6.92 Å². The lowest BCUT2D eigenvalue weighted by Crippen LogP contribution is -2.46. The van der Waals surface area contributed by atoms with Crippen LogP contribution in [0.3, 0.4) is 0 Å². The van der Waals surface area contributed by atoms with Crippen LogP contribution in [0.2, 0.25) is 0 Å². The molecule has 0 radical (unpaired) electrons. The van der Waals surface area contributed by atoms with E-state index in [1.165, 1.54) is 0 Å². The van der Waals surface area contributed by atoms with Crippen LogP contribution in [0.25, 0.3) is 0 Å². The summed E-state index contributed by atoms with van der Waals surface area (Å²) in [6.07, 6.45) is -4.77. The van der Waals surface area contributed by atoms with Gasteiger partial charge in [0.15, 0.2) is 5.60 Å². The molecule has 1 nitrogen and oxygen atoms in total. The molecule has 0 heterocycles. The van der Waals surface area contributed by atoms with Gasteiger partial charge in [-0.15, -0.1) is 0 Å². The van der Waals surface area contributed by atoms with E-state index in [1.807, 2.05) is 20.8 Å². The quantitative estimate of drug-likeness (QED) is 0.676. The molecule has 0 unspecified atom stereocenters. The molecule has 0 aliphatic rings. The van der Waals surface area contributed by atoms with E-state index in [4.69, 9.17) is 4.74 Å². The number of alkyl halides is 3. The monoisotopic (exact) mass is 212 g/mol. The van der Waals surface area contributed by atoms with Gasteiger partial charge in [-0.25, -0.2) is 0 Å². The van der Waals surface area contributed by atoms with E-state index < -0.39 is 17.9 Å². The first kappa shape index (κ1) is 13.8. The van der Waals surface area contributed by atoms with Gasteiger partial charge in [-0.3, -0.25) is 0 Å². The van der Waals surface area contributed by atoms with Crippen LogP contribution >= 0.6 is 0 Å². The first-order valence-electron chi connectivity index (χ1n) is 4.62. The second-order valence-electron chi connectivity index (χ2n) is 5.13. The Morgan fingerprint density at radius 2 is 1.29 bits per heavy atom. The predicted molar refractivity (Wildman–Crippen MR) is 50.1 cm³/mol. The van der Waals surface area contributed by atoms with Crippen LogP contribution in [0, 0.1) is 5.41 Å². The molecule has 0 saturated carbocycles. The molecule has 0 fully saturated rings. The van der Waals surface area contributed by atoms with Gasteiger partial charge in [0.05, 0.1) is 6.10 Å². The van der Waals surface area contributed by atoms with Gasteiger partial charge in [0.1, 0.15) is 0 Å². The summed E-state index contributed by atoms with van der Waals surface area (Å²) < 4.78 is 42.4. The minimum Gasteiger partial charge on any atom is -0.363 e. The molecular formula is C10H19F3O. The zero-order valence-electron chi connectivity index (χ0n) is 9.62. The zero-order valence-corrected chi connectivity index (χ0v) is 9.62. The van der Waals surface area contributed by atoms with Gasteiger partial charge in [0, 0.05) is 0 Å². The fourth-order valence-electron chi connectivity index (χ4n) is 0.686. The first-order chi connectivity index (χ1) is 5.88. The molecule has 86 valence electrons. The van der Waals surface area contributed by atoms with E-state index in [-0.39, 0.29) is 5.41 Å². The van der Waals surface area contributed by atoms with Crippen molar-refractivity contribution in [2.24, 2.45) is 5.41 Å². The van der Waals surface area contributed by atoms with Crippen molar-refractivity contribution in [3.8, 4) is 0 Å². The summed E-state index contributed by atoms with van der Waals surface area (Å²) >= 11 is 0. The summed E-state index contributed by atoms with van der Waals surface area (Å²) in [4.78, 5) is 0. The van der Waals surface area contributed by atoms with Crippen LogP contribution in [0.4, 0.5) is 13.2 Å². The third kappa shape index (κ3) is 3.48. The Hall–Kier alpha value is -0.250. The minimum atomic E-state index is -4.33. The van der Waals surface area contributed by atoms with Crippen molar-refractivity contribution in [3.63, 3.8) is 0 Å². The molecule has 0 saturated heterocycles. The van der Waals surface area contributed by atoms with Crippen molar-refractivity contribution >= 4 is 0 Å². The molecule has 0 amide bonds. The van der Waals surface area contributed by atoms with Gasteiger partial charge in [0.25, 0.3) is 0 Å². The normalized spacial score (nSPS) is 16.9. The lowest BCUT2D eigenvalue weighted by molar-refractivity contribution is -0.283. The van der Waals surface area contributed by atoms with E-state index in [9.17, 15) is 13.2 Å². The summed E-state index contributed by atoms with van der Waals surface area (Å²) in [5.41, 5.74) is -2.37. The maximum Gasteiger partial charge on any atom is 0.416 e. The summed E-state index contributed by atoms with van der Waals surface area (Å²) in [6.45, 7) is 9.32. The highest BCUT2D eigenvalue weighted by atomic mass is 19.4. The molecule has 0 aliphatic carbocycles. The molecule has 0 aromatic carbocycles. The highest BCUT2D eigenvalue weighted by Gasteiger charge is 2.50. The Labute approximate surface area is 83.6 Å². The molecule has 0 N–H and O–H groups in total. The van der Waals surface area contributed by atoms with Crippen molar-refractivity contribution < 1.29 is 17.9 Å². The molecule has 0 aromatic heterocycles. The molecule has 4 heteroatoms. The van der Waals surface area contributed by atoms with Crippen LogP contribution in [0.1, 0.15) is 41.5 Å². The second-order valence-corrected chi connectivity index (χ2v) is 5.13. The van der Waals surface area contributed by atoms with Crippen LogP contribution in [-0.2, 0) is 4.74 Å². The fourth-order valence-corrected chi connectivity index (χ4v) is 0.686. The average molecular weight is 212 g/mol. The molecule has 1 atom stereocenters. The molecule has 0 spiro atoms. The van der Waals surface area contributed by atoms with E-state index in [0.717, 1.165) is 13.8 Å². The Morgan fingerprint density at radius 1 is 0.929 bits per heavy atom. The number of rotatable bonds is 2. The van der Waals surface area contributed by atoms with Gasteiger partial charge >= 0.3 is 6.18 Å². The number of hydrogen-bond acceptors (Lipinski definition) is 1. The van der Waals surface area contributed by atoms with Gasteiger partial charge in [-0.05, 0) is 26.2 Å². The van der Waals surface area contributed by atoms with Gasteiger partial charge < -0.3 is 4.74 Å². The van der Waals surface area contributed by atoms with Gasteiger partial charge in [-0.1, -0.05) is 20.8 Å². The Morgan fingerprint density at radius 3 is 1.50 bits per heavy atom. The topological polar surface area (TPSA) is 9.23 Å². The van der Waals surface area contributed by atoms with E-state index in [0.29, 0.717) is 0 Å². The van der Waals surface area contributed by atoms with Gasteiger partial charge in [-0.2, -0.15) is 13.2 Å². The number of ether oxygens (including phenoxy) is 1. The Balaban J connectivity index is 4.53. The van der Waals surface area contributed by atoms with E-state index >= 15 is 0 Å². The highest BCUT2D eigenvalue weighted by molar-refractivity contribution is 4.82. The highest BCUT2D eigenvalue weighted by Crippen LogP contribution is 2.36. The molecule has 14 heavy (non-hydrogen) atoms. The standard InChI is InChI=1S/C10H19F3O/c1-7(8(2,3)4)14-9(5,6)10(11,12)13/h7H,1-6H3/t7-/m0/s1. The number of hydrogen-bond donors (Lipinski definition) is 0. The van der Waals surface area contributed by atoms with Crippen LogP contribution in [0.5, 0.6) is 0 Å². The van der Waals surface area contributed by atoms with Crippen molar-refractivity contribution in [3.05, 3.63) is 0 Å². The summed E-state index contributed by atoms with van der Waals surface area (Å²) in [5.74, 6) is 0. The average Bonchev–Trinajstić information content (AvgIpc) is 1.80. The van der Waals surface area contributed by atoms with Crippen molar-refractivity contribution in [2.75, 3.05) is 0 Å². The molecular weight excluding hydrogens is 193 g/mol. The smallest absolute Gasteiger partial charge is 0.363 e. The Bertz CT molecular complexity index is 189. The maximum atomic E-state index is 12.5. The SMILES string of the molecule is C[C@H](OC(C)(C)C(F)(F)F)C(C)(C)C. The van der Waals surface area contributed by atoms with Crippen LogP contribution in [0.15, 0.2) is 0 Å². The molecule has 0 bridgehead atoms. The van der Waals surface area contributed by atoms with Crippen molar-refractivity contribution in [1.29, 1.82) is 0 Å². The summed E-state index contributed by atoms with van der Waals surface area (Å²) in [5, 5.41) is 0. The molecule has 0 rings (SSSR count). The predicted octanol–water partition coefficient (Wildman–Crippen LogP) is 3.78. The second kappa shape index (κ2) is 3.72. The lowest BCUT2D eigenvalue weighted by atomic mass is 9.89. The summed E-state index contributed by atoms with van der Waals surface area (Å²) in [7, 11) is 0. The minimum absolute atomic E-state index is 0.289. The zero-order chi connectivity index (χ0) is 11.8. The van der Waals surface area contributed by atoms with Crippen molar-refractivity contribution in [2.45, 2.75) is 59.4 Å². The van der Waals surface area contributed by atoms with E-state index in [2.05, 4.69) is 0 Å². The third-order valence-electron chi connectivity index (χ3n) is 2.37. The largest absolute Gasteiger partial charge is 0.416 e. The fraction of sp³-hybridized carbons (Fsp3) is 1.00. The van der Waals surface area contributed by atoms with Crippen LogP contribution in [-0.4, -0.2) is 17.9 Å². The molecule has 0 aliphatic heterocycles. The first-order valence-corrected chi connectivity index (χ1v) is 4.62. The lowest BCUT2D eigenvalue weighted by Gasteiger charge is -2.36. The van der Waals surface area contributed by atoms with Crippen LogP contribution < -0.4 is 0 Å². The third-order valence-corrected chi connectivity index (χ3v) is 2.37.